The number of thiophene rings is 1. The summed E-state index contributed by atoms with van der Waals surface area (Å²) in [7, 11) is 0. The molecule has 2 aromatic heterocycles. The van der Waals surface area contributed by atoms with Gasteiger partial charge in [-0.3, -0.25) is 4.98 Å². The summed E-state index contributed by atoms with van der Waals surface area (Å²) in [6.45, 7) is 0.431. The molecule has 2 amide bonds. The van der Waals surface area contributed by atoms with Gasteiger partial charge in [-0.2, -0.15) is 0 Å². The maximum Gasteiger partial charge on any atom is 0.319 e. The van der Waals surface area contributed by atoms with Gasteiger partial charge in [-0.05, 0) is 53.4 Å². The molecular weight excluding hydrogens is 330 g/mol. The maximum atomic E-state index is 11.9. The van der Waals surface area contributed by atoms with Crippen LogP contribution in [0.4, 0.5) is 10.5 Å². The highest BCUT2D eigenvalue weighted by atomic mass is 35.5. The Morgan fingerprint density at radius 1 is 1.17 bits per heavy atom. The highest BCUT2D eigenvalue weighted by molar-refractivity contribution is 7.13. The summed E-state index contributed by atoms with van der Waals surface area (Å²) in [6.07, 6.45) is 1.75. The molecule has 0 bridgehead atoms. The Hall–Kier alpha value is -2.37. The van der Waals surface area contributed by atoms with Crippen LogP contribution in [-0.4, -0.2) is 11.0 Å². The Morgan fingerprint density at radius 3 is 2.74 bits per heavy atom. The lowest BCUT2D eigenvalue weighted by molar-refractivity contribution is 0.251. The zero-order valence-electron chi connectivity index (χ0n) is 12.1. The fourth-order valence-corrected chi connectivity index (χ4v) is 2.85. The molecule has 0 aliphatic heterocycles. The van der Waals surface area contributed by atoms with E-state index in [1.165, 1.54) is 0 Å². The quantitative estimate of drug-likeness (QED) is 0.716. The van der Waals surface area contributed by atoms with E-state index in [9.17, 15) is 4.79 Å². The number of amides is 2. The number of urea groups is 1. The van der Waals surface area contributed by atoms with Crippen molar-refractivity contribution in [2.24, 2.45) is 0 Å². The number of benzene rings is 1. The summed E-state index contributed by atoms with van der Waals surface area (Å²) in [5.41, 5.74) is 2.60. The molecule has 0 saturated carbocycles. The third kappa shape index (κ3) is 4.31. The van der Waals surface area contributed by atoms with E-state index in [0.29, 0.717) is 17.3 Å². The third-order valence-electron chi connectivity index (χ3n) is 3.15. The van der Waals surface area contributed by atoms with Crippen molar-refractivity contribution in [3.8, 4) is 10.6 Å². The van der Waals surface area contributed by atoms with Crippen LogP contribution in [-0.2, 0) is 6.54 Å². The summed E-state index contributed by atoms with van der Waals surface area (Å²) in [5, 5.41) is 8.24. The second kappa shape index (κ2) is 7.26. The smallest absolute Gasteiger partial charge is 0.319 e. The van der Waals surface area contributed by atoms with E-state index in [0.717, 1.165) is 16.1 Å². The van der Waals surface area contributed by atoms with Crippen molar-refractivity contribution in [2.45, 2.75) is 6.54 Å². The molecule has 0 aliphatic carbocycles. The maximum absolute atomic E-state index is 11.9. The van der Waals surface area contributed by atoms with Crippen molar-refractivity contribution in [3.63, 3.8) is 0 Å². The van der Waals surface area contributed by atoms with E-state index < -0.39 is 0 Å². The SMILES string of the molecule is O=C(NCc1ccnc(-c2cccs2)c1)Nc1ccc(Cl)cc1. The van der Waals surface area contributed by atoms with E-state index in [1.807, 2.05) is 29.6 Å². The molecule has 23 heavy (non-hydrogen) atoms. The molecule has 116 valence electrons. The first-order valence-electron chi connectivity index (χ1n) is 7.00. The molecule has 0 fully saturated rings. The summed E-state index contributed by atoms with van der Waals surface area (Å²) in [6, 6.07) is 14.6. The molecular formula is C17H14ClN3OS. The molecule has 6 heteroatoms. The van der Waals surface area contributed by atoms with E-state index in [-0.39, 0.29) is 6.03 Å². The molecule has 0 radical (unpaired) electrons. The van der Waals surface area contributed by atoms with Gasteiger partial charge in [0.1, 0.15) is 0 Å². The van der Waals surface area contributed by atoms with E-state index in [2.05, 4.69) is 15.6 Å². The largest absolute Gasteiger partial charge is 0.334 e. The topological polar surface area (TPSA) is 54.0 Å². The Labute approximate surface area is 143 Å². The molecule has 0 unspecified atom stereocenters. The molecule has 0 aliphatic rings. The van der Waals surface area contributed by atoms with Gasteiger partial charge in [0.05, 0.1) is 10.6 Å². The van der Waals surface area contributed by atoms with Crippen LogP contribution in [0.1, 0.15) is 5.56 Å². The first-order valence-corrected chi connectivity index (χ1v) is 8.26. The van der Waals surface area contributed by atoms with Crippen molar-refractivity contribution in [2.75, 3.05) is 5.32 Å². The van der Waals surface area contributed by atoms with Crippen molar-refractivity contribution in [3.05, 3.63) is 70.7 Å². The van der Waals surface area contributed by atoms with Crippen LogP contribution >= 0.6 is 22.9 Å². The number of aromatic nitrogens is 1. The van der Waals surface area contributed by atoms with Gasteiger partial charge >= 0.3 is 6.03 Å². The van der Waals surface area contributed by atoms with E-state index >= 15 is 0 Å². The average Bonchev–Trinajstić information content (AvgIpc) is 3.10. The number of halogens is 1. The number of hydrogen-bond acceptors (Lipinski definition) is 3. The fraction of sp³-hybridized carbons (Fsp3) is 0.0588. The fourth-order valence-electron chi connectivity index (χ4n) is 2.03. The zero-order valence-corrected chi connectivity index (χ0v) is 13.7. The predicted molar refractivity (Wildman–Crippen MR) is 94.9 cm³/mol. The summed E-state index contributed by atoms with van der Waals surface area (Å²) < 4.78 is 0. The van der Waals surface area contributed by atoms with Crippen molar-refractivity contribution >= 4 is 34.7 Å². The minimum Gasteiger partial charge on any atom is -0.334 e. The van der Waals surface area contributed by atoms with Gasteiger partial charge in [0.25, 0.3) is 0 Å². The standard InChI is InChI=1S/C17H14ClN3OS/c18-13-3-5-14(6-4-13)21-17(22)20-11-12-7-8-19-15(10-12)16-2-1-9-23-16/h1-10H,11H2,(H2,20,21,22). The molecule has 0 atom stereocenters. The Bertz CT molecular complexity index is 788. The first-order chi connectivity index (χ1) is 11.2. The van der Waals surface area contributed by atoms with Crippen LogP contribution in [0.5, 0.6) is 0 Å². The molecule has 3 rings (SSSR count). The molecule has 0 spiro atoms. The molecule has 3 aromatic rings. The third-order valence-corrected chi connectivity index (χ3v) is 4.30. The van der Waals surface area contributed by atoms with Crippen LogP contribution in [0.2, 0.25) is 5.02 Å². The van der Waals surface area contributed by atoms with Gasteiger partial charge in [-0.15, -0.1) is 11.3 Å². The van der Waals surface area contributed by atoms with Crippen molar-refractivity contribution < 1.29 is 4.79 Å². The predicted octanol–water partition coefficient (Wildman–Crippen LogP) is 4.79. The van der Waals surface area contributed by atoms with Crippen LogP contribution in [0.15, 0.2) is 60.1 Å². The van der Waals surface area contributed by atoms with Crippen LogP contribution in [0, 0.1) is 0 Å². The number of nitrogens with one attached hydrogen (secondary N) is 2. The van der Waals surface area contributed by atoms with Crippen molar-refractivity contribution in [1.82, 2.24) is 10.3 Å². The number of carbonyl (C=O) groups excluding carboxylic acids is 1. The molecule has 2 N–H and O–H groups in total. The second-order valence-electron chi connectivity index (χ2n) is 4.84. The number of carbonyl (C=O) groups is 1. The molecule has 2 heterocycles. The Kier molecular flexibility index (Phi) is 4.90. The second-order valence-corrected chi connectivity index (χ2v) is 6.23. The van der Waals surface area contributed by atoms with Crippen LogP contribution < -0.4 is 10.6 Å². The number of hydrogen-bond donors (Lipinski definition) is 2. The average molecular weight is 344 g/mol. The highest BCUT2D eigenvalue weighted by Crippen LogP contribution is 2.23. The molecule has 4 nitrogen and oxygen atoms in total. The Balaban J connectivity index is 1.58. The lowest BCUT2D eigenvalue weighted by Gasteiger charge is -2.08. The van der Waals surface area contributed by atoms with Crippen LogP contribution in [0.25, 0.3) is 10.6 Å². The highest BCUT2D eigenvalue weighted by Gasteiger charge is 2.04. The Morgan fingerprint density at radius 2 is 2.00 bits per heavy atom. The lowest BCUT2D eigenvalue weighted by atomic mass is 10.2. The minimum atomic E-state index is -0.262. The number of nitrogens with zero attached hydrogens (tertiary/aromatic N) is 1. The monoisotopic (exact) mass is 343 g/mol. The summed E-state index contributed by atoms with van der Waals surface area (Å²) in [4.78, 5) is 17.4. The molecule has 0 saturated heterocycles. The van der Waals surface area contributed by atoms with Crippen molar-refractivity contribution in [1.29, 1.82) is 0 Å². The van der Waals surface area contributed by atoms with Gasteiger partial charge < -0.3 is 10.6 Å². The summed E-state index contributed by atoms with van der Waals surface area (Å²) in [5.74, 6) is 0. The van der Waals surface area contributed by atoms with Gasteiger partial charge in [0.2, 0.25) is 0 Å². The number of pyridine rings is 1. The van der Waals surface area contributed by atoms with E-state index in [1.54, 1.807) is 41.8 Å². The van der Waals surface area contributed by atoms with Gasteiger partial charge in [-0.1, -0.05) is 17.7 Å². The minimum absolute atomic E-state index is 0.262. The zero-order chi connectivity index (χ0) is 16.1. The summed E-state index contributed by atoms with van der Waals surface area (Å²) >= 11 is 7.45. The van der Waals surface area contributed by atoms with Crippen LogP contribution in [0.3, 0.4) is 0 Å². The van der Waals surface area contributed by atoms with Gasteiger partial charge in [0.15, 0.2) is 0 Å². The lowest BCUT2D eigenvalue weighted by Crippen LogP contribution is -2.28. The first kappa shape index (κ1) is 15.5. The molecule has 1 aromatic carbocycles. The number of rotatable bonds is 4. The van der Waals surface area contributed by atoms with Gasteiger partial charge in [0, 0.05) is 23.5 Å². The van der Waals surface area contributed by atoms with Gasteiger partial charge in [-0.25, -0.2) is 4.79 Å². The normalized spacial score (nSPS) is 10.3. The van der Waals surface area contributed by atoms with E-state index in [4.69, 9.17) is 11.6 Å². The number of anilines is 1.